The third-order valence-corrected chi connectivity index (χ3v) is 6.09. The fourth-order valence-corrected chi connectivity index (χ4v) is 4.94. The van der Waals surface area contributed by atoms with Gasteiger partial charge >= 0.3 is 0 Å². The minimum Gasteiger partial charge on any atom is -0.256 e. The molecule has 0 aliphatic heterocycles. The number of hydrogen-bond acceptors (Lipinski definition) is 3. The average molecular weight is 343 g/mol. The second-order valence-electron chi connectivity index (χ2n) is 5.65. The first-order chi connectivity index (χ1) is 11.9. The molecule has 0 atom stereocenters. The highest BCUT2D eigenvalue weighted by atomic mass is 32.1. The lowest BCUT2D eigenvalue weighted by molar-refractivity contribution is 1.42. The van der Waals surface area contributed by atoms with Gasteiger partial charge in [-0.3, -0.25) is 4.98 Å². The van der Waals surface area contributed by atoms with E-state index in [1.807, 2.05) is 12.3 Å². The maximum atomic E-state index is 4.77. The number of benzene rings is 2. The molecule has 114 valence electrons. The van der Waals surface area contributed by atoms with E-state index >= 15 is 0 Å². The van der Waals surface area contributed by atoms with Crippen molar-refractivity contribution >= 4 is 44.3 Å². The second kappa shape index (κ2) is 5.55. The summed E-state index contributed by atoms with van der Waals surface area (Å²) in [5.74, 6) is 0. The molecule has 0 fully saturated rings. The highest BCUT2D eigenvalue weighted by molar-refractivity contribution is 7.14. The first-order valence-corrected chi connectivity index (χ1v) is 9.56. The first-order valence-electron chi connectivity index (χ1n) is 7.80. The fourth-order valence-electron chi connectivity index (χ4n) is 3.35. The summed E-state index contributed by atoms with van der Waals surface area (Å²) in [7, 11) is 0. The number of rotatable bonds is 2. The summed E-state index contributed by atoms with van der Waals surface area (Å²) in [4.78, 5) is 7.33. The van der Waals surface area contributed by atoms with Gasteiger partial charge in [0.05, 0.1) is 5.52 Å². The topological polar surface area (TPSA) is 12.9 Å². The summed E-state index contributed by atoms with van der Waals surface area (Å²) in [6.45, 7) is 0. The fraction of sp³-hybridized carbons (Fsp3) is 0. The molecule has 3 heterocycles. The van der Waals surface area contributed by atoms with Crippen molar-refractivity contribution in [3.63, 3.8) is 0 Å². The van der Waals surface area contributed by atoms with Crippen molar-refractivity contribution in [2.24, 2.45) is 0 Å². The summed E-state index contributed by atoms with van der Waals surface area (Å²) in [6, 6.07) is 21.5. The molecular formula is C21H13NS2. The molecule has 3 heteroatoms. The van der Waals surface area contributed by atoms with Crippen molar-refractivity contribution in [1.82, 2.24) is 4.98 Å². The van der Waals surface area contributed by atoms with E-state index in [2.05, 4.69) is 65.4 Å². The van der Waals surface area contributed by atoms with Crippen molar-refractivity contribution in [3.8, 4) is 20.9 Å². The summed E-state index contributed by atoms with van der Waals surface area (Å²) < 4.78 is 0. The van der Waals surface area contributed by atoms with Gasteiger partial charge in [0.2, 0.25) is 0 Å². The molecule has 0 unspecified atom stereocenters. The lowest BCUT2D eigenvalue weighted by Crippen LogP contribution is -1.90. The van der Waals surface area contributed by atoms with E-state index in [-0.39, 0.29) is 0 Å². The molecule has 0 radical (unpaired) electrons. The van der Waals surface area contributed by atoms with E-state index in [4.69, 9.17) is 4.98 Å². The van der Waals surface area contributed by atoms with Crippen LogP contribution >= 0.6 is 22.7 Å². The van der Waals surface area contributed by atoms with Crippen molar-refractivity contribution in [2.45, 2.75) is 0 Å². The van der Waals surface area contributed by atoms with Crippen LogP contribution in [0.3, 0.4) is 0 Å². The van der Waals surface area contributed by atoms with E-state index in [0.717, 1.165) is 5.52 Å². The molecule has 5 aromatic rings. The van der Waals surface area contributed by atoms with E-state index < -0.39 is 0 Å². The molecule has 0 spiro atoms. The van der Waals surface area contributed by atoms with Crippen molar-refractivity contribution in [2.75, 3.05) is 0 Å². The van der Waals surface area contributed by atoms with Crippen LogP contribution in [0.25, 0.3) is 42.6 Å². The first kappa shape index (κ1) is 13.9. The predicted molar refractivity (Wildman–Crippen MR) is 106 cm³/mol. The number of hydrogen-bond donors (Lipinski definition) is 0. The largest absolute Gasteiger partial charge is 0.256 e. The standard InChI is InChI=1S/C21H13NS2/c1-2-7-15-14(6-1)19(17-9-4-12-23-17)16-8-3-11-22-21(16)20(15)18-10-5-13-24-18/h1-13H. The second-order valence-corrected chi connectivity index (χ2v) is 7.55. The molecule has 0 amide bonds. The lowest BCUT2D eigenvalue weighted by Gasteiger charge is -2.14. The Bertz CT molecular complexity index is 990. The molecule has 5 rings (SSSR count). The summed E-state index contributed by atoms with van der Waals surface area (Å²) in [5.41, 5.74) is 3.63. The molecule has 0 N–H and O–H groups in total. The maximum Gasteiger partial charge on any atom is 0.0801 e. The SMILES string of the molecule is c1csc(-c2c3ccccc3c(-c3cccs3)c3ncccc23)c1. The zero-order chi connectivity index (χ0) is 15.9. The van der Waals surface area contributed by atoms with Crippen LogP contribution in [-0.4, -0.2) is 4.98 Å². The van der Waals surface area contributed by atoms with Gasteiger partial charge < -0.3 is 0 Å². The van der Waals surface area contributed by atoms with Gasteiger partial charge in [-0.25, -0.2) is 0 Å². The van der Waals surface area contributed by atoms with Gasteiger partial charge in [0, 0.05) is 32.5 Å². The zero-order valence-electron chi connectivity index (χ0n) is 12.8. The minimum atomic E-state index is 1.09. The van der Waals surface area contributed by atoms with Gasteiger partial charge in [-0.2, -0.15) is 0 Å². The Morgan fingerprint density at radius 3 is 1.88 bits per heavy atom. The Balaban J connectivity index is 2.06. The van der Waals surface area contributed by atoms with Gasteiger partial charge in [0.1, 0.15) is 0 Å². The number of thiophene rings is 2. The van der Waals surface area contributed by atoms with Gasteiger partial charge in [0.25, 0.3) is 0 Å². The van der Waals surface area contributed by atoms with Gasteiger partial charge in [-0.15, -0.1) is 22.7 Å². The van der Waals surface area contributed by atoms with Gasteiger partial charge in [-0.1, -0.05) is 42.5 Å². The minimum absolute atomic E-state index is 1.09. The quantitative estimate of drug-likeness (QED) is 0.320. The van der Waals surface area contributed by atoms with E-state index in [1.165, 1.54) is 37.0 Å². The van der Waals surface area contributed by atoms with E-state index in [1.54, 1.807) is 22.7 Å². The molecule has 0 bridgehead atoms. The smallest absolute Gasteiger partial charge is 0.0801 e. The molecule has 0 saturated heterocycles. The van der Waals surface area contributed by atoms with Crippen LogP contribution in [0.15, 0.2) is 77.6 Å². The number of pyridine rings is 1. The maximum absolute atomic E-state index is 4.77. The van der Waals surface area contributed by atoms with Crippen LogP contribution in [0, 0.1) is 0 Å². The van der Waals surface area contributed by atoms with Crippen LogP contribution in [-0.2, 0) is 0 Å². The summed E-state index contributed by atoms with van der Waals surface area (Å²) in [6.07, 6.45) is 1.90. The Labute approximate surface area is 147 Å². The van der Waals surface area contributed by atoms with Crippen LogP contribution < -0.4 is 0 Å². The summed E-state index contributed by atoms with van der Waals surface area (Å²) in [5, 5.41) is 8.06. The molecule has 3 aromatic heterocycles. The van der Waals surface area contributed by atoms with Crippen molar-refractivity contribution in [1.29, 1.82) is 0 Å². The molecule has 2 aromatic carbocycles. The molecule has 0 aliphatic rings. The van der Waals surface area contributed by atoms with Crippen LogP contribution in [0.1, 0.15) is 0 Å². The van der Waals surface area contributed by atoms with Crippen LogP contribution in [0.4, 0.5) is 0 Å². The van der Waals surface area contributed by atoms with Crippen LogP contribution in [0.5, 0.6) is 0 Å². The van der Waals surface area contributed by atoms with Crippen LogP contribution in [0.2, 0.25) is 0 Å². The Morgan fingerprint density at radius 2 is 1.21 bits per heavy atom. The number of aromatic nitrogens is 1. The number of nitrogens with zero attached hydrogens (tertiary/aromatic N) is 1. The van der Waals surface area contributed by atoms with Gasteiger partial charge in [-0.05, 0) is 39.7 Å². The molecular weight excluding hydrogens is 330 g/mol. The third kappa shape index (κ3) is 2.02. The Kier molecular flexibility index (Phi) is 3.21. The monoisotopic (exact) mass is 343 g/mol. The van der Waals surface area contributed by atoms with Gasteiger partial charge in [0.15, 0.2) is 0 Å². The predicted octanol–water partition coefficient (Wildman–Crippen LogP) is 6.85. The molecule has 0 saturated carbocycles. The molecule has 24 heavy (non-hydrogen) atoms. The molecule has 0 aliphatic carbocycles. The Morgan fingerprint density at radius 1 is 0.583 bits per heavy atom. The van der Waals surface area contributed by atoms with Crippen molar-refractivity contribution < 1.29 is 0 Å². The van der Waals surface area contributed by atoms with Crippen molar-refractivity contribution in [3.05, 3.63) is 77.6 Å². The summed E-state index contributed by atoms with van der Waals surface area (Å²) >= 11 is 3.56. The average Bonchev–Trinajstić information content (AvgIpc) is 3.33. The van der Waals surface area contributed by atoms with E-state index in [9.17, 15) is 0 Å². The highest BCUT2D eigenvalue weighted by Crippen LogP contribution is 2.44. The Hall–Kier alpha value is -2.49. The normalized spacial score (nSPS) is 11.3. The highest BCUT2D eigenvalue weighted by Gasteiger charge is 2.17. The number of fused-ring (bicyclic) bond motifs is 2. The zero-order valence-corrected chi connectivity index (χ0v) is 14.4. The third-order valence-electron chi connectivity index (χ3n) is 4.31. The lowest BCUT2D eigenvalue weighted by atomic mass is 9.93. The molecule has 1 nitrogen and oxygen atoms in total. The van der Waals surface area contributed by atoms with E-state index in [0.29, 0.717) is 0 Å².